The molecule has 1 fully saturated rings. The molecule has 3 aromatic carbocycles. The van der Waals surface area contributed by atoms with Crippen molar-refractivity contribution in [1.29, 1.82) is 0 Å². The molecule has 0 saturated heterocycles. The zero-order valence-electron chi connectivity index (χ0n) is 18.4. The second kappa shape index (κ2) is 8.79. The van der Waals surface area contributed by atoms with Crippen molar-refractivity contribution in [2.45, 2.75) is 37.6 Å². The van der Waals surface area contributed by atoms with Crippen molar-refractivity contribution in [3.63, 3.8) is 0 Å². The molecule has 1 saturated carbocycles. The molecule has 0 bridgehead atoms. The van der Waals surface area contributed by atoms with Gasteiger partial charge in [0.25, 0.3) is 5.91 Å². The molecule has 2 N–H and O–H groups in total. The van der Waals surface area contributed by atoms with Gasteiger partial charge < -0.3 is 10.6 Å². The molecule has 1 unspecified atom stereocenters. The SMILES string of the molecule is CC(Cc1nc2ccccc2s1)(C(=O)Nc1ccc(C(=O)NC2CC2)cc1)c1ccccc1. The monoisotopic (exact) mass is 455 g/mol. The van der Waals surface area contributed by atoms with Crippen LogP contribution in [0.1, 0.15) is 40.7 Å². The van der Waals surface area contributed by atoms with Gasteiger partial charge in [0, 0.05) is 23.7 Å². The second-order valence-electron chi connectivity index (χ2n) is 8.73. The van der Waals surface area contributed by atoms with E-state index in [2.05, 4.69) is 16.7 Å². The summed E-state index contributed by atoms with van der Waals surface area (Å²) in [6.45, 7) is 1.96. The van der Waals surface area contributed by atoms with Gasteiger partial charge in [-0.25, -0.2) is 4.98 Å². The minimum Gasteiger partial charge on any atom is -0.349 e. The Morgan fingerprint density at radius 3 is 2.36 bits per heavy atom. The summed E-state index contributed by atoms with van der Waals surface area (Å²) < 4.78 is 1.11. The number of para-hydroxylation sites is 1. The maximum atomic E-state index is 13.6. The highest BCUT2D eigenvalue weighted by Gasteiger charge is 2.36. The van der Waals surface area contributed by atoms with Gasteiger partial charge >= 0.3 is 0 Å². The highest BCUT2D eigenvalue weighted by molar-refractivity contribution is 7.18. The van der Waals surface area contributed by atoms with Crippen molar-refractivity contribution < 1.29 is 9.59 Å². The third-order valence-corrected chi connectivity index (χ3v) is 7.11. The van der Waals surface area contributed by atoms with Crippen LogP contribution in [0.4, 0.5) is 5.69 Å². The van der Waals surface area contributed by atoms with E-state index in [0.29, 0.717) is 23.7 Å². The number of nitrogens with zero attached hydrogens (tertiary/aromatic N) is 1. The number of rotatable bonds is 7. The van der Waals surface area contributed by atoms with Crippen LogP contribution in [0.2, 0.25) is 0 Å². The van der Waals surface area contributed by atoms with E-state index in [1.165, 1.54) is 0 Å². The minimum absolute atomic E-state index is 0.0691. The Balaban J connectivity index is 1.39. The molecule has 5 rings (SSSR count). The third kappa shape index (κ3) is 4.66. The predicted octanol–water partition coefficient (Wildman–Crippen LogP) is 5.33. The van der Waals surface area contributed by atoms with Gasteiger partial charge in [0.1, 0.15) is 0 Å². The fraction of sp³-hybridized carbons (Fsp3) is 0.222. The van der Waals surface area contributed by atoms with E-state index in [0.717, 1.165) is 33.6 Å². The van der Waals surface area contributed by atoms with Gasteiger partial charge in [-0.3, -0.25) is 9.59 Å². The molecular formula is C27H25N3O2S. The van der Waals surface area contributed by atoms with Crippen LogP contribution in [0, 0.1) is 0 Å². The van der Waals surface area contributed by atoms with Gasteiger partial charge in [0.2, 0.25) is 5.91 Å². The van der Waals surface area contributed by atoms with E-state index in [1.807, 2.05) is 55.5 Å². The number of benzene rings is 3. The summed E-state index contributed by atoms with van der Waals surface area (Å²) in [6, 6.07) is 25.2. The van der Waals surface area contributed by atoms with Crippen molar-refractivity contribution in [3.8, 4) is 0 Å². The summed E-state index contributed by atoms with van der Waals surface area (Å²) in [5.41, 5.74) is 2.34. The molecule has 1 atom stereocenters. The Labute approximate surface area is 196 Å². The molecular weight excluding hydrogens is 430 g/mol. The average Bonchev–Trinajstić information content (AvgIpc) is 3.56. The van der Waals surface area contributed by atoms with Crippen LogP contribution in [0.5, 0.6) is 0 Å². The van der Waals surface area contributed by atoms with Crippen molar-refractivity contribution in [2.24, 2.45) is 0 Å². The summed E-state index contributed by atoms with van der Waals surface area (Å²) in [5, 5.41) is 6.96. The van der Waals surface area contributed by atoms with Crippen LogP contribution in [-0.4, -0.2) is 22.8 Å². The maximum absolute atomic E-state index is 13.6. The van der Waals surface area contributed by atoms with Crippen LogP contribution in [0.25, 0.3) is 10.2 Å². The summed E-state index contributed by atoms with van der Waals surface area (Å²) >= 11 is 1.62. The molecule has 2 amide bonds. The number of thiazole rings is 1. The molecule has 6 heteroatoms. The Kier molecular flexibility index (Phi) is 5.68. The van der Waals surface area contributed by atoms with E-state index >= 15 is 0 Å². The van der Waals surface area contributed by atoms with Gasteiger partial charge in [0.15, 0.2) is 0 Å². The quantitative estimate of drug-likeness (QED) is 0.396. The lowest BCUT2D eigenvalue weighted by Gasteiger charge is -2.28. The highest BCUT2D eigenvalue weighted by atomic mass is 32.1. The van der Waals surface area contributed by atoms with Gasteiger partial charge in [-0.05, 0) is 61.7 Å². The third-order valence-electron chi connectivity index (χ3n) is 6.07. The molecule has 166 valence electrons. The fourth-order valence-electron chi connectivity index (χ4n) is 3.89. The van der Waals surface area contributed by atoms with E-state index in [4.69, 9.17) is 4.98 Å². The zero-order chi connectivity index (χ0) is 22.8. The van der Waals surface area contributed by atoms with Crippen molar-refractivity contribution in [1.82, 2.24) is 10.3 Å². The Bertz CT molecular complexity index is 1260. The molecule has 0 aliphatic heterocycles. The minimum atomic E-state index is -0.808. The standard InChI is InChI=1S/C27H25N3O2S/c1-27(19-7-3-2-4-8-19,17-24-30-22-9-5-6-10-23(22)33-24)26(32)29-21-13-11-18(12-14-21)25(31)28-20-15-16-20/h2-14,20H,15-17H2,1H3,(H,28,31)(H,29,32). The highest BCUT2D eigenvalue weighted by Crippen LogP contribution is 2.33. The van der Waals surface area contributed by atoms with Crippen molar-refractivity contribution in [2.75, 3.05) is 5.32 Å². The molecule has 1 heterocycles. The number of hydrogen-bond donors (Lipinski definition) is 2. The van der Waals surface area contributed by atoms with Crippen LogP contribution in [0.15, 0.2) is 78.9 Å². The van der Waals surface area contributed by atoms with E-state index in [9.17, 15) is 9.59 Å². The van der Waals surface area contributed by atoms with Crippen LogP contribution in [-0.2, 0) is 16.6 Å². The van der Waals surface area contributed by atoms with Crippen LogP contribution >= 0.6 is 11.3 Å². The summed E-state index contributed by atoms with van der Waals surface area (Å²) in [6.07, 6.45) is 2.59. The number of carbonyl (C=O) groups excluding carboxylic acids is 2. The number of aromatic nitrogens is 1. The Morgan fingerprint density at radius 1 is 0.970 bits per heavy atom. The smallest absolute Gasteiger partial charge is 0.251 e. The molecule has 0 radical (unpaired) electrons. The molecule has 1 aliphatic rings. The number of fused-ring (bicyclic) bond motifs is 1. The summed E-state index contributed by atoms with van der Waals surface area (Å²) in [4.78, 5) is 30.6. The number of carbonyl (C=O) groups is 2. The topological polar surface area (TPSA) is 71.1 Å². The Morgan fingerprint density at radius 2 is 1.67 bits per heavy atom. The van der Waals surface area contributed by atoms with Crippen molar-refractivity contribution in [3.05, 3.63) is 95.0 Å². The van der Waals surface area contributed by atoms with Gasteiger partial charge in [-0.15, -0.1) is 11.3 Å². The summed E-state index contributed by atoms with van der Waals surface area (Å²) in [7, 11) is 0. The first kappa shape index (κ1) is 21.3. The second-order valence-corrected chi connectivity index (χ2v) is 9.84. The predicted molar refractivity (Wildman–Crippen MR) is 133 cm³/mol. The molecule has 1 aromatic heterocycles. The largest absolute Gasteiger partial charge is 0.349 e. The first-order chi connectivity index (χ1) is 16.0. The first-order valence-electron chi connectivity index (χ1n) is 11.1. The van der Waals surface area contributed by atoms with Crippen LogP contribution < -0.4 is 10.6 Å². The maximum Gasteiger partial charge on any atom is 0.251 e. The van der Waals surface area contributed by atoms with Gasteiger partial charge in [0.05, 0.1) is 20.6 Å². The average molecular weight is 456 g/mol. The normalized spacial score (nSPS) is 15.1. The van der Waals surface area contributed by atoms with E-state index in [1.54, 1.807) is 35.6 Å². The lowest BCUT2D eigenvalue weighted by molar-refractivity contribution is -0.121. The van der Waals surface area contributed by atoms with Gasteiger partial charge in [-0.2, -0.15) is 0 Å². The van der Waals surface area contributed by atoms with Gasteiger partial charge in [-0.1, -0.05) is 42.5 Å². The van der Waals surface area contributed by atoms with Crippen LogP contribution in [0.3, 0.4) is 0 Å². The lowest BCUT2D eigenvalue weighted by atomic mass is 9.78. The molecule has 0 spiro atoms. The number of hydrogen-bond acceptors (Lipinski definition) is 4. The first-order valence-corrected chi connectivity index (χ1v) is 12.0. The zero-order valence-corrected chi connectivity index (χ0v) is 19.2. The van der Waals surface area contributed by atoms with E-state index < -0.39 is 5.41 Å². The lowest BCUT2D eigenvalue weighted by Crippen LogP contribution is -2.39. The Hall–Kier alpha value is -3.51. The number of amides is 2. The molecule has 1 aliphatic carbocycles. The fourth-order valence-corrected chi connectivity index (χ4v) is 5.01. The molecule has 5 nitrogen and oxygen atoms in total. The summed E-state index contributed by atoms with van der Waals surface area (Å²) in [5.74, 6) is -0.177. The molecule has 4 aromatic rings. The van der Waals surface area contributed by atoms with E-state index in [-0.39, 0.29) is 11.8 Å². The number of anilines is 1. The number of nitrogens with one attached hydrogen (secondary N) is 2. The molecule has 33 heavy (non-hydrogen) atoms. The van der Waals surface area contributed by atoms with Crippen molar-refractivity contribution >= 4 is 39.1 Å².